The molecular weight excluding hydrogens is 408 g/mol. The summed E-state index contributed by atoms with van der Waals surface area (Å²) in [5.41, 5.74) is 5.77. The number of carbonyl (C=O) groups is 1. The van der Waals surface area contributed by atoms with E-state index < -0.39 is 16.1 Å². The summed E-state index contributed by atoms with van der Waals surface area (Å²) in [6, 6.07) is 19.3. The van der Waals surface area contributed by atoms with Crippen molar-refractivity contribution in [3.8, 4) is 0 Å². The normalized spacial score (nSPS) is 16.5. The second-order valence-corrected chi connectivity index (χ2v) is 10.0. The van der Waals surface area contributed by atoms with Crippen LogP contribution in [0.2, 0.25) is 0 Å². The molecule has 5 nitrogen and oxygen atoms in total. The van der Waals surface area contributed by atoms with Gasteiger partial charge in [-0.3, -0.25) is 4.79 Å². The van der Waals surface area contributed by atoms with Crippen LogP contribution in [0.15, 0.2) is 71.6 Å². The lowest BCUT2D eigenvalue weighted by atomic mass is 9.95. The Balaban J connectivity index is 1.71. The van der Waals surface area contributed by atoms with Crippen LogP contribution in [0.4, 0.5) is 5.69 Å². The van der Waals surface area contributed by atoms with Crippen LogP contribution in [-0.4, -0.2) is 24.7 Å². The number of carbonyl (C=O) groups excluding carboxylic acids is 1. The molecular formula is C25H26N2O3S. The van der Waals surface area contributed by atoms with Crippen molar-refractivity contribution in [1.29, 1.82) is 0 Å². The van der Waals surface area contributed by atoms with Gasteiger partial charge in [0.1, 0.15) is 6.04 Å². The Hall–Kier alpha value is -2.96. The summed E-state index contributed by atoms with van der Waals surface area (Å²) < 4.78 is 28.4. The van der Waals surface area contributed by atoms with Crippen LogP contribution in [0.25, 0.3) is 0 Å². The van der Waals surface area contributed by atoms with Gasteiger partial charge in [0.25, 0.3) is 0 Å². The van der Waals surface area contributed by atoms with E-state index in [1.165, 1.54) is 4.31 Å². The molecule has 31 heavy (non-hydrogen) atoms. The first-order valence-electron chi connectivity index (χ1n) is 10.3. The lowest BCUT2D eigenvalue weighted by molar-refractivity contribution is -0.120. The highest BCUT2D eigenvalue weighted by molar-refractivity contribution is 7.89. The summed E-state index contributed by atoms with van der Waals surface area (Å²) in [6.45, 7) is 6.07. The Morgan fingerprint density at radius 1 is 0.903 bits per heavy atom. The van der Waals surface area contributed by atoms with Gasteiger partial charge in [0, 0.05) is 12.2 Å². The first-order chi connectivity index (χ1) is 14.8. The molecule has 1 N–H and O–H groups in total. The van der Waals surface area contributed by atoms with Crippen LogP contribution in [0.5, 0.6) is 0 Å². The Kier molecular flexibility index (Phi) is 5.69. The van der Waals surface area contributed by atoms with Gasteiger partial charge in [-0.1, -0.05) is 48.0 Å². The number of aryl methyl sites for hydroxylation is 3. The summed E-state index contributed by atoms with van der Waals surface area (Å²) in [5, 5.41) is 2.93. The monoisotopic (exact) mass is 434 g/mol. The van der Waals surface area contributed by atoms with Gasteiger partial charge in [-0.2, -0.15) is 4.31 Å². The molecule has 1 atom stereocenters. The van der Waals surface area contributed by atoms with Crippen LogP contribution in [0.3, 0.4) is 0 Å². The van der Waals surface area contributed by atoms with Gasteiger partial charge >= 0.3 is 0 Å². The van der Waals surface area contributed by atoms with Crippen molar-refractivity contribution in [2.75, 3.05) is 5.32 Å². The molecule has 160 valence electrons. The number of hydrogen-bond donors (Lipinski definition) is 1. The topological polar surface area (TPSA) is 66.5 Å². The van der Waals surface area contributed by atoms with Crippen molar-refractivity contribution >= 4 is 21.6 Å². The zero-order chi connectivity index (χ0) is 22.2. The van der Waals surface area contributed by atoms with Crippen LogP contribution in [0, 0.1) is 20.8 Å². The van der Waals surface area contributed by atoms with Gasteiger partial charge in [0.15, 0.2) is 0 Å². The molecule has 1 aliphatic rings. The van der Waals surface area contributed by atoms with Crippen LogP contribution >= 0.6 is 0 Å². The summed E-state index contributed by atoms with van der Waals surface area (Å²) in [7, 11) is -3.85. The fourth-order valence-corrected chi connectivity index (χ4v) is 5.43. The van der Waals surface area contributed by atoms with E-state index in [9.17, 15) is 13.2 Å². The molecule has 0 fully saturated rings. The van der Waals surface area contributed by atoms with Gasteiger partial charge in [0.05, 0.1) is 4.90 Å². The second kappa shape index (κ2) is 8.29. The summed E-state index contributed by atoms with van der Waals surface area (Å²) in [5.74, 6) is -0.326. The van der Waals surface area contributed by atoms with Crippen molar-refractivity contribution in [3.05, 3.63) is 94.5 Å². The summed E-state index contributed by atoms with van der Waals surface area (Å²) in [6.07, 6.45) is 0.331. The van der Waals surface area contributed by atoms with E-state index >= 15 is 0 Å². The third-order valence-corrected chi connectivity index (χ3v) is 7.78. The molecule has 3 aromatic rings. The van der Waals surface area contributed by atoms with Gasteiger partial charge in [-0.15, -0.1) is 0 Å². The lowest BCUT2D eigenvalue weighted by Crippen LogP contribution is -2.50. The predicted octanol–water partition coefficient (Wildman–Crippen LogP) is 4.37. The van der Waals surface area contributed by atoms with Gasteiger partial charge in [-0.05, 0) is 73.7 Å². The maximum absolute atomic E-state index is 13.5. The van der Waals surface area contributed by atoms with E-state index in [0.29, 0.717) is 12.1 Å². The number of sulfonamides is 1. The highest BCUT2D eigenvalue weighted by Gasteiger charge is 2.39. The molecule has 0 saturated heterocycles. The number of anilines is 1. The molecule has 1 aliphatic heterocycles. The average molecular weight is 435 g/mol. The van der Waals surface area contributed by atoms with E-state index in [-0.39, 0.29) is 17.3 Å². The number of nitrogens with zero attached hydrogens (tertiary/aromatic N) is 1. The highest BCUT2D eigenvalue weighted by Crippen LogP contribution is 2.30. The van der Waals surface area contributed by atoms with E-state index in [4.69, 9.17) is 0 Å². The number of nitrogens with one attached hydrogen (secondary N) is 1. The average Bonchev–Trinajstić information content (AvgIpc) is 2.75. The molecule has 4 rings (SSSR count). The van der Waals surface area contributed by atoms with Gasteiger partial charge < -0.3 is 5.32 Å². The molecule has 0 bridgehead atoms. The SMILES string of the molecule is Cc1ccc(S(=O)(=O)N2Cc3ccccc3C[C@@H]2C(=O)Nc2ccc(C)c(C)c2)cc1. The standard InChI is InChI=1S/C25H26N2O3S/c1-17-8-12-23(13-9-17)31(29,30)27-16-21-7-5-4-6-20(21)15-24(27)25(28)26-22-11-10-18(2)19(3)14-22/h4-14,24H,15-16H2,1-3H3,(H,26,28)/t24-/m1/s1. The number of fused-ring (bicyclic) bond motifs is 1. The first-order valence-corrected chi connectivity index (χ1v) is 11.7. The quantitative estimate of drug-likeness (QED) is 0.663. The molecule has 6 heteroatoms. The van der Waals surface area contributed by atoms with Crippen molar-refractivity contribution in [1.82, 2.24) is 4.31 Å². The third-order valence-electron chi connectivity index (χ3n) is 5.91. The Morgan fingerprint density at radius 2 is 1.58 bits per heavy atom. The molecule has 0 spiro atoms. The summed E-state index contributed by atoms with van der Waals surface area (Å²) in [4.78, 5) is 13.5. The molecule has 0 saturated carbocycles. The molecule has 3 aromatic carbocycles. The minimum Gasteiger partial charge on any atom is -0.325 e. The number of hydrogen-bond acceptors (Lipinski definition) is 3. The molecule has 1 amide bonds. The lowest BCUT2D eigenvalue weighted by Gasteiger charge is -2.35. The Labute approximate surface area is 183 Å². The maximum Gasteiger partial charge on any atom is 0.244 e. The Bertz CT molecular complexity index is 1230. The molecule has 0 radical (unpaired) electrons. The predicted molar refractivity (Wildman–Crippen MR) is 122 cm³/mol. The van der Waals surface area contributed by atoms with Crippen molar-refractivity contribution in [2.45, 2.75) is 44.7 Å². The van der Waals surface area contributed by atoms with Crippen LogP contribution in [0.1, 0.15) is 27.8 Å². The number of amides is 1. The minimum atomic E-state index is -3.85. The largest absolute Gasteiger partial charge is 0.325 e. The smallest absolute Gasteiger partial charge is 0.244 e. The zero-order valence-electron chi connectivity index (χ0n) is 17.9. The van der Waals surface area contributed by atoms with Crippen molar-refractivity contribution < 1.29 is 13.2 Å². The van der Waals surface area contributed by atoms with Gasteiger partial charge in [0.2, 0.25) is 15.9 Å². The van der Waals surface area contributed by atoms with Crippen molar-refractivity contribution in [2.24, 2.45) is 0 Å². The van der Waals surface area contributed by atoms with E-state index in [0.717, 1.165) is 27.8 Å². The zero-order valence-corrected chi connectivity index (χ0v) is 18.7. The maximum atomic E-state index is 13.5. The molecule has 1 heterocycles. The van der Waals surface area contributed by atoms with Crippen LogP contribution < -0.4 is 5.32 Å². The van der Waals surface area contributed by atoms with Crippen LogP contribution in [-0.2, 0) is 27.8 Å². The second-order valence-electron chi connectivity index (χ2n) is 8.14. The van der Waals surface area contributed by atoms with Crippen molar-refractivity contribution in [3.63, 3.8) is 0 Å². The fourth-order valence-electron chi connectivity index (χ4n) is 3.87. The van der Waals surface area contributed by atoms with E-state index in [1.54, 1.807) is 24.3 Å². The fraction of sp³-hybridized carbons (Fsp3) is 0.240. The minimum absolute atomic E-state index is 0.164. The van der Waals surface area contributed by atoms with Gasteiger partial charge in [-0.25, -0.2) is 8.42 Å². The third kappa shape index (κ3) is 4.27. The highest BCUT2D eigenvalue weighted by atomic mass is 32.2. The summed E-state index contributed by atoms with van der Waals surface area (Å²) >= 11 is 0. The number of benzene rings is 3. The molecule has 0 aromatic heterocycles. The van der Waals surface area contributed by atoms with E-state index in [2.05, 4.69) is 5.32 Å². The first kappa shape index (κ1) is 21.3. The van der Waals surface area contributed by atoms with E-state index in [1.807, 2.05) is 63.2 Å². The molecule has 0 aliphatic carbocycles. The number of rotatable bonds is 4. The Morgan fingerprint density at radius 3 is 2.26 bits per heavy atom. The molecule has 0 unspecified atom stereocenters.